The van der Waals surface area contributed by atoms with E-state index in [-0.39, 0.29) is 30.3 Å². The average Bonchev–Trinajstić information content (AvgIpc) is 3.24. The lowest BCUT2D eigenvalue weighted by Gasteiger charge is -2.18. The third-order valence-electron chi connectivity index (χ3n) is 4.91. The number of carbonyl (C=O) groups is 3. The fraction of sp³-hybridized carbons (Fsp3) is 0.526. The van der Waals surface area contributed by atoms with Crippen LogP contribution in [0.2, 0.25) is 0 Å². The summed E-state index contributed by atoms with van der Waals surface area (Å²) in [7, 11) is 1.59. The van der Waals surface area contributed by atoms with Crippen LogP contribution in [0.3, 0.4) is 0 Å². The molecule has 8 heteroatoms. The monoisotopic (exact) mass is 374 g/mol. The van der Waals surface area contributed by atoms with Gasteiger partial charge in [-0.15, -0.1) is 0 Å². The molecule has 1 aromatic rings. The first-order valence-electron chi connectivity index (χ1n) is 9.33. The Labute approximate surface area is 158 Å². The number of methoxy groups -OCH3 is 1. The van der Waals surface area contributed by atoms with Gasteiger partial charge < -0.3 is 25.2 Å². The lowest BCUT2D eigenvalue weighted by molar-refractivity contribution is -0.127. The third kappa shape index (κ3) is 4.90. The molecule has 1 atom stereocenters. The zero-order chi connectivity index (χ0) is 19.2. The minimum absolute atomic E-state index is 0.0157. The van der Waals surface area contributed by atoms with Crippen molar-refractivity contribution in [2.75, 3.05) is 38.2 Å². The third-order valence-corrected chi connectivity index (χ3v) is 4.91. The first-order chi connectivity index (χ1) is 13.1. The topological polar surface area (TPSA) is 91.0 Å². The number of rotatable bonds is 7. The Bertz CT molecular complexity index is 691. The lowest BCUT2D eigenvalue weighted by atomic mass is 10.2. The first-order valence-corrected chi connectivity index (χ1v) is 9.33. The molecule has 0 aliphatic carbocycles. The number of urea groups is 1. The van der Waals surface area contributed by atoms with E-state index in [1.807, 2.05) is 17.0 Å². The van der Waals surface area contributed by atoms with Crippen molar-refractivity contribution in [3.8, 4) is 5.75 Å². The van der Waals surface area contributed by atoms with Gasteiger partial charge in [0.2, 0.25) is 11.8 Å². The second kappa shape index (κ2) is 8.75. The van der Waals surface area contributed by atoms with E-state index in [2.05, 4.69) is 10.6 Å². The van der Waals surface area contributed by atoms with Crippen molar-refractivity contribution in [2.45, 2.75) is 31.7 Å². The molecule has 2 aliphatic heterocycles. The van der Waals surface area contributed by atoms with Gasteiger partial charge in [0.15, 0.2) is 0 Å². The van der Waals surface area contributed by atoms with Gasteiger partial charge in [-0.25, -0.2) is 4.79 Å². The van der Waals surface area contributed by atoms with Crippen LogP contribution < -0.4 is 20.3 Å². The number of amides is 4. The standard InChI is InChI=1S/C19H26N4O4/c1-27-16-7-5-15(6-8-16)23-13-14(12-18(23)25)21-19(26)20-9-3-11-22-10-2-4-17(22)24/h5-8,14H,2-4,9-13H2,1H3,(H2,20,21,26)/t14-/m0/s1. The van der Waals surface area contributed by atoms with E-state index in [0.29, 0.717) is 26.1 Å². The highest BCUT2D eigenvalue weighted by molar-refractivity contribution is 5.96. The molecular formula is C19H26N4O4. The quantitative estimate of drug-likeness (QED) is 0.700. The molecule has 0 bridgehead atoms. The summed E-state index contributed by atoms with van der Waals surface area (Å²) in [6, 6.07) is 6.77. The van der Waals surface area contributed by atoms with E-state index >= 15 is 0 Å². The van der Waals surface area contributed by atoms with Crippen molar-refractivity contribution >= 4 is 23.5 Å². The van der Waals surface area contributed by atoms with Crippen molar-refractivity contribution in [1.82, 2.24) is 15.5 Å². The Morgan fingerprint density at radius 3 is 2.67 bits per heavy atom. The van der Waals surface area contributed by atoms with E-state index in [1.54, 1.807) is 24.1 Å². The summed E-state index contributed by atoms with van der Waals surface area (Å²) < 4.78 is 5.13. The van der Waals surface area contributed by atoms with E-state index in [0.717, 1.165) is 30.8 Å². The molecule has 2 fully saturated rings. The smallest absolute Gasteiger partial charge is 0.315 e. The van der Waals surface area contributed by atoms with E-state index < -0.39 is 0 Å². The maximum absolute atomic E-state index is 12.2. The molecule has 4 amide bonds. The predicted molar refractivity (Wildman–Crippen MR) is 101 cm³/mol. The summed E-state index contributed by atoms with van der Waals surface area (Å²) in [4.78, 5) is 39.3. The lowest BCUT2D eigenvalue weighted by Crippen LogP contribution is -2.44. The van der Waals surface area contributed by atoms with Crippen molar-refractivity contribution in [1.29, 1.82) is 0 Å². The largest absolute Gasteiger partial charge is 0.497 e. The zero-order valence-electron chi connectivity index (χ0n) is 15.6. The molecule has 8 nitrogen and oxygen atoms in total. The SMILES string of the molecule is COc1ccc(N2C[C@@H](NC(=O)NCCCN3CCCC3=O)CC2=O)cc1. The van der Waals surface area contributed by atoms with E-state index in [9.17, 15) is 14.4 Å². The number of hydrogen-bond donors (Lipinski definition) is 2. The van der Waals surface area contributed by atoms with E-state index in [4.69, 9.17) is 4.74 Å². The van der Waals surface area contributed by atoms with Crippen LogP contribution in [0.15, 0.2) is 24.3 Å². The van der Waals surface area contributed by atoms with Crippen LogP contribution in [0.25, 0.3) is 0 Å². The number of benzene rings is 1. The van der Waals surface area contributed by atoms with Crippen molar-refractivity contribution in [2.24, 2.45) is 0 Å². The van der Waals surface area contributed by atoms with Gasteiger partial charge in [0.25, 0.3) is 0 Å². The second-order valence-corrected chi connectivity index (χ2v) is 6.84. The molecule has 1 aromatic carbocycles. The fourth-order valence-electron chi connectivity index (χ4n) is 3.46. The Kier molecular flexibility index (Phi) is 6.16. The highest BCUT2D eigenvalue weighted by Gasteiger charge is 2.31. The molecule has 2 N–H and O–H groups in total. The summed E-state index contributed by atoms with van der Waals surface area (Å²) >= 11 is 0. The summed E-state index contributed by atoms with van der Waals surface area (Å²) in [5, 5.41) is 5.65. The second-order valence-electron chi connectivity index (χ2n) is 6.84. The van der Waals surface area contributed by atoms with Crippen LogP contribution in [0.5, 0.6) is 5.75 Å². The molecule has 0 spiro atoms. The molecule has 0 unspecified atom stereocenters. The number of nitrogens with zero attached hydrogens (tertiary/aromatic N) is 2. The number of likely N-dealkylation sites (tertiary alicyclic amines) is 1. The number of ether oxygens (including phenoxy) is 1. The highest BCUT2D eigenvalue weighted by atomic mass is 16.5. The molecule has 2 saturated heterocycles. The molecule has 0 saturated carbocycles. The Balaban J connectivity index is 1.39. The normalized spacial score (nSPS) is 19.5. The summed E-state index contributed by atoms with van der Waals surface area (Å²) in [6.07, 6.45) is 2.56. The molecule has 2 heterocycles. The summed E-state index contributed by atoms with van der Waals surface area (Å²) in [6.45, 7) is 2.43. The van der Waals surface area contributed by atoms with E-state index in [1.165, 1.54) is 0 Å². The molecule has 0 radical (unpaired) electrons. The van der Waals surface area contributed by atoms with Crippen molar-refractivity contribution in [3.63, 3.8) is 0 Å². The van der Waals surface area contributed by atoms with Gasteiger partial charge in [-0.1, -0.05) is 0 Å². The molecule has 27 heavy (non-hydrogen) atoms. The van der Waals surface area contributed by atoms with Gasteiger partial charge in [0.05, 0.1) is 13.2 Å². The fourth-order valence-corrected chi connectivity index (χ4v) is 3.46. The number of anilines is 1. The number of carbonyl (C=O) groups excluding carboxylic acids is 3. The summed E-state index contributed by atoms with van der Waals surface area (Å²) in [5.74, 6) is 0.913. The minimum atomic E-state index is -0.280. The Morgan fingerprint density at radius 2 is 2.00 bits per heavy atom. The highest BCUT2D eigenvalue weighted by Crippen LogP contribution is 2.24. The van der Waals surface area contributed by atoms with Gasteiger partial charge in [-0.05, 0) is 37.1 Å². The maximum atomic E-state index is 12.2. The van der Waals surface area contributed by atoms with Crippen LogP contribution in [0.4, 0.5) is 10.5 Å². The van der Waals surface area contributed by atoms with Crippen LogP contribution in [0.1, 0.15) is 25.7 Å². The molecule has 3 rings (SSSR count). The van der Waals surface area contributed by atoms with Crippen LogP contribution in [-0.4, -0.2) is 62.1 Å². The first kappa shape index (κ1) is 19.0. The molecule has 0 aromatic heterocycles. The van der Waals surface area contributed by atoms with Gasteiger partial charge in [-0.2, -0.15) is 0 Å². The average molecular weight is 374 g/mol. The van der Waals surface area contributed by atoms with Crippen LogP contribution in [-0.2, 0) is 9.59 Å². The molecule has 2 aliphatic rings. The van der Waals surface area contributed by atoms with Gasteiger partial charge in [0.1, 0.15) is 5.75 Å². The molecule has 146 valence electrons. The van der Waals surface area contributed by atoms with Gasteiger partial charge in [-0.3, -0.25) is 9.59 Å². The van der Waals surface area contributed by atoms with Crippen LogP contribution >= 0.6 is 0 Å². The van der Waals surface area contributed by atoms with Gasteiger partial charge >= 0.3 is 6.03 Å². The minimum Gasteiger partial charge on any atom is -0.497 e. The zero-order valence-corrected chi connectivity index (χ0v) is 15.6. The summed E-state index contributed by atoms with van der Waals surface area (Å²) in [5.41, 5.74) is 0.792. The predicted octanol–water partition coefficient (Wildman–Crippen LogP) is 1.11. The van der Waals surface area contributed by atoms with Crippen molar-refractivity contribution < 1.29 is 19.1 Å². The van der Waals surface area contributed by atoms with Gasteiger partial charge in [0, 0.05) is 44.7 Å². The van der Waals surface area contributed by atoms with Crippen molar-refractivity contribution in [3.05, 3.63) is 24.3 Å². The Hall–Kier alpha value is -2.77. The van der Waals surface area contributed by atoms with Crippen LogP contribution in [0, 0.1) is 0 Å². The Morgan fingerprint density at radius 1 is 1.22 bits per heavy atom. The molecular weight excluding hydrogens is 348 g/mol. The number of nitrogens with one attached hydrogen (secondary N) is 2. The number of hydrogen-bond acceptors (Lipinski definition) is 4. The maximum Gasteiger partial charge on any atom is 0.315 e.